The third-order valence-corrected chi connectivity index (χ3v) is 2.88. The highest BCUT2D eigenvalue weighted by Gasteiger charge is 2.15. The number of ether oxygens (including phenoxy) is 1. The summed E-state index contributed by atoms with van der Waals surface area (Å²) < 4.78 is 5.61. The number of allylic oxidation sites excluding steroid dienone is 1. The van der Waals surface area contributed by atoms with Crippen molar-refractivity contribution in [2.45, 2.75) is 18.4 Å². The fourth-order valence-electron chi connectivity index (χ4n) is 1.70. The maximum Gasteiger partial charge on any atom is 0.335 e. The van der Waals surface area contributed by atoms with Crippen LogP contribution in [0, 0.1) is 0 Å². The van der Waals surface area contributed by atoms with Crippen LogP contribution in [-0.4, -0.2) is 16.1 Å². The minimum atomic E-state index is -0.913. The molecule has 1 aliphatic rings. The summed E-state index contributed by atoms with van der Waals surface area (Å²) in [6, 6.07) is 4.93. The van der Waals surface area contributed by atoms with Crippen LogP contribution in [0.5, 0.6) is 5.75 Å². The van der Waals surface area contributed by atoms with Gasteiger partial charge in [-0.2, -0.15) is 0 Å². The summed E-state index contributed by atoms with van der Waals surface area (Å²) >= 11 is 3.38. The second-order valence-corrected chi connectivity index (χ2v) is 4.69. The molecule has 84 valence electrons. The molecule has 0 radical (unpaired) electrons. The van der Waals surface area contributed by atoms with E-state index in [2.05, 4.69) is 15.9 Å². The second kappa shape index (κ2) is 4.29. The molecule has 2 rings (SSSR count). The minimum absolute atomic E-state index is 0.149. The smallest absolute Gasteiger partial charge is 0.335 e. The van der Waals surface area contributed by atoms with Gasteiger partial charge in [-0.25, -0.2) is 4.79 Å². The number of rotatable bonds is 1. The quantitative estimate of drug-likeness (QED) is 0.636. The lowest BCUT2D eigenvalue weighted by molar-refractivity contribution is 0.0696. The first kappa shape index (κ1) is 11.2. The lowest BCUT2D eigenvalue weighted by Crippen LogP contribution is -2.04. The van der Waals surface area contributed by atoms with Gasteiger partial charge in [0.1, 0.15) is 5.75 Å². The Bertz CT molecular complexity index is 465. The van der Waals surface area contributed by atoms with E-state index in [9.17, 15) is 4.79 Å². The number of carboxylic acid groups (broad SMARTS) is 1. The van der Waals surface area contributed by atoms with Crippen molar-refractivity contribution in [2.24, 2.45) is 0 Å². The number of aromatic carboxylic acids is 1. The van der Waals surface area contributed by atoms with Gasteiger partial charge in [-0.05, 0) is 59.1 Å². The molecule has 1 unspecified atom stereocenters. The largest absolute Gasteiger partial charge is 0.478 e. The Balaban J connectivity index is 2.43. The topological polar surface area (TPSA) is 46.5 Å². The molecule has 0 aromatic heterocycles. The van der Waals surface area contributed by atoms with Gasteiger partial charge < -0.3 is 9.84 Å². The van der Waals surface area contributed by atoms with Crippen LogP contribution in [0.25, 0.3) is 0 Å². The molecule has 0 saturated carbocycles. The summed E-state index contributed by atoms with van der Waals surface area (Å²) in [4.78, 5) is 10.9. The van der Waals surface area contributed by atoms with Crippen molar-refractivity contribution in [1.82, 2.24) is 0 Å². The molecule has 1 atom stereocenters. The zero-order valence-corrected chi connectivity index (χ0v) is 10.3. The van der Waals surface area contributed by atoms with E-state index in [1.54, 1.807) is 18.2 Å². The van der Waals surface area contributed by atoms with Gasteiger partial charge >= 0.3 is 5.97 Å². The van der Waals surface area contributed by atoms with Crippen molar-refractivity contribution >= 4 is 21.9 Å². The van der Waals surface area contributed by atoms with Gasteiger partial charge in [-0.3, -0.25) is 0 Å². The standard InChI is InChI=1S/C12H11BrO3/c1-7-4-9-6-8(12(14)15)2-3-10(9)16-11(13)5-7/h2-3,5-6,11H,4H2,1H3,(H,14,15). The van der Waals surface area contributed by atoms with E-state index < -0.39 is 5.97 Å². The highest BCUT2D eigenvalue weighted by Crippen LogP contribution is 2.29. The van der Waals surface area contributed by atoms with Gasteiger partial charge in [-0.15, -0.1) is 0 Å². The Kier molecular flexibility index (Phi) is 3.01. The van der Waals surface area contributed by atoms with Crippen LogP contribution >= 0.6 is 15.9 Å². The van der Waals surface area contributed by atoms with E-state index in [1.807, 2.05) is 13.0 Å². The maximum atomic E-state index is 10.9. The lowest BCUT2D eigenvalue weighted by Gasteiger charge is -2.10. The van der Waals surface area contributed by atoms with Gasteiger partial charge in [0, 0.05) is 0 Å². The molecule has 0 spiro atoms. The molecule has 16 heavy (non-hydrogen) atoms. The normalized spacial score (nSPS) is 19.1. The third kappa shape index (κ3) is 2.27. The van der Waals surface area contributed by atoms with Crippen LogP contribution in [0.15, 0.2) is 29.8 Å². The van der Waals surface area contributed by atoms with Crippen LogP contribution < -0.4 is 4.74 Å². The number of fused-ring (bicyclic) bond motifs is 1. The van der Waals surface area contributed by atoms with Gasteiger partial charge in [0.15, 0.2) is 5.01 Å². The van der Waals surface area contributed by atoms with Gasteiger partial charge in [0.25, 0.3) is 0 Å². The molecule has 1 aromatic rings. The van der Waals surface area contributed by atoms with Crippen molar-refractivity contribution in [3.63, 3.8) is 0 Å². The molecule has 1 heterocycles. The summed E-state index contributed by atoms with van der Waals surface area (Å²) in [6.45, 7) is 2.00. The summed E-state index contributed by atoms with van der Waals surface area (Å²) in [5.41, 5.74) is 2.36. The Labute approximate surface area is 102 Å². The van der Waals surface area contributed by atoms with Gasteiger partial charge in [-0.1, -0.05) is 5.57 Å². The van der Waals surface area contributed by atoms with E-state index in [4.69, 9.17) is 9.84 Å². The van der Waals surface area contributed by atoms with Gasteiger partial charge in [0.2, 0.25) is 0 Å². The molecular weight excluding hydrogens is 272 g/mol. The average molecular weight is 283 g/mol. The summed E-state index contributed by atoms with van der Waals surface area (Å²) in [7, 11) is 0. The first-order chi connectivity index (χ1) is 7.56. The molecule has 0 amide bonds. The molecule has 1 N–H and O–H groups in total. The molecule has 3 nitrogen and oxygen atoms in total. The van der Waals surface area contributed by atoms with E-state index >= 15 is 0 Å². The SMILES string of the molecule is CC1=CC(Br)Oc2ccc(C(=O)O)cc2C1. The van der Waals surface area contributed by atoms with Crippen LogP contribution in [0.4, 0.5) is 0 Å². The van der Waals surface area contributed by atoms with E-state index in [0.29, 0.717) is 5.56 Å². The number of benzene rings is 1. The molecule has 1 aromatic carbocycles. The third-order valence-electron chi connectivity index (χ3n) is 2.43. The zero-order chi connectivity index (χ0) is 11.7. The molecular formula is C12H11BrO3. The number of alkyl halides is 1. The number of halogens is 1. The Morgan fingerprint density at radius 3 is 3.00 bits per heavy atom. The van der Waals surface area contributed by atoms with E-state index in [0.717, 1.165) is 23.3 Å². The Morgan fingerprint density at radius 1 is 1.56 bits per heavy atom. The number of carbonyl (C=O) groups is 1. The zero-order valence-electron chi connectivity index (χ0n) is 8.74. The predicted molar refractivity (Wildman–Crippen MR) is 64.2 cm³/mol. The molecule has 1 aliphatic heterocycles. The monoisotopic (exact) mass is 282 g/mol. The van der Waals surface area contributed by atoms with Crippen LogP contribution in [-0.2, 0) is 6.42 Å². The van der Waals surface area contributed by atoms with Gasteiger partial charge in [0.05, 0.1) is 5.56 Å². The van der Waals surface area contributed by atoms with Crippen LogP contribution in [0.1, 0.15) is 22.8 Å². The van der Waals surface area contributed by atoms with Crippen molar-refractivity contribution in [3.8, 4) is 5.75 Å². The first-order valence-electron chi connectivity index (χ1n) is 4.90. The van der Waals surface area contributed by atoms with Crippen molar-refractivity contribution in [3.05, 3.63) is 41.0 Å². The number of hydrogen-bond donors (Lipinski definition) is 1. The lowest BCUT2D eigenvalue weighted by atomic mass is 10.0. The Morgan fingerprint density at radius 2 is 2.31 bits per heavy atom. The van der Waals surface area contributed by atoms with Crippen LogP contribution in [0.2, 0.25) is 0 Å². The molecule has 0 fully saturated rings. The van der Waals surface area contributed by atoms with E-state index in [-0.39, 0.29) is 5.01 Å². The Hall–Kier alpha value is -1.29. The predicted octanol–water partition coefficient (Wildman–Crippen LogP) is 2.99. The molecule has 4 heteroatoms. The number of hydrogen-bond acceptors (Lipinski definition) is 2. The van der Waals surface area contributed by atoms with E-state index in [1.165, 1.54) is 0 Å². The summed E-state index contributed by atoms with van der Waals surface area (Å²) in [5, 5.41) is 8.76. The molecule has 0 saturated heterocycles. The molecule has 0 aliphatic carbocycles. The second-order valence-electron chi connectivity index (χ2n) is 3.79. The minimum Gasteiger partial charge on any atom is -0.478 e. The fourth-order valence-corrected chi connectivity index (χ4v) is 2.36. The fraction of sp³-hybridized carbons (Fsp3) is 0.250. The first-order valence-corrected chi connectivity index (χ1v) is 5.82. The highest BCUT2D eigenvalue weighted by molar-refractivity contribution is 9.09. The average Bonchev–Trinajstić information content (AvgIpc) is 2.32. The number of carboxylic acids is 1. The highest BCUT2D eigenvalue weighted by atomic mass is 79.9. The van der Waals surface area contributed by atoms with Crippen molar-refractivity contribution < 1.29 is 14.6 Å². The molecule has 0 bridgehead atoms. The van der Waals surface area contributed by atoms with Crippen molar-refractivity contribution in [2.75, 3.05) is 0 Å². The summed E-state index contributed by atoms with van der Waals surface area (Å²) in [5.74, 6) is -0.177. The van der Waals surface area contributed by atoms with Crippen molar-refractivity contribution in [1.29, 1.82) is 0 Å². The van der Waals surface area contributed by atoms with Crippen LogP contribution in [0.3, 0.4) is 0 Å². The summed E-state index contributed by atoms with van der Waals surface area (Å²) in [6.07, 6.45) is 2.69. The maximum absolute atomic E-state index is 10.9.